The number of hydrogen-bond donors (Lipinski definition) is 1. The van der Waals surface area contributed by atoms with Crippen molar-refractivity contribution in [3.8, 4) is 11.5 Å². The number of esters is 1. The Bertz CT molecular complexity index is 916. The first-order valence-electron chi connectivity index (χ1n) is 8.78. The fourth-order valence-corrected chi connectivity index (χ4v) is 2.60. The van der Waals surface area contributed by atoms with Crippen molar-refractivity contribution in [3.05, 3.63) is 53.1 Å². The zero-order chi connectivity index (χ0) is 20.8. The van der Waals surface area contributed by atoms with E-state index >= 15 is 0 Å². The summed E-state index contributed by atoms with van der Waals surface area (Å²) in [5, 5.41) is 3.24. The van der Waals surface area contributed by atoms with E-state index in [4.69, 9.17) is 25.8 Å². The van der Waals surface area contributed by atoms with Gasteiger partial charge in [0.2, 0.25) is 0 Å². The molecule has 152 valence electrons. The lowest BCUT2D eigenvalue weighted by Gasteiger charge is -2.19. The van der Waals surface area contributed by atoms with Gasteiger partial charge in [-0.3, -0.25) is 9.59 Å². The van der Waals surface area contributed by atoms with Crippen LogP contribution in [0.25, 0.3) is 0 Å². The van der Waals surface area contributed by atoms with E-state index < -0.39 is 12.6 Å². The second-order valence-corrected chi connectivity index (χ2v) is 6.68. The first-order chi connectivity index (χ1) is 13.9. The van der Waals surface area contributed by atoms with Crippen LogP contribution in [0.1, 0.15) is 10.4 Å². The SMILES string of the molecule is CN(CCOc1ccc(Cl)cc1)C(=O)COC(=O)c1ccc2c(c1)OCC(=O)N2. The van der Waals surface area contributed by atoms with Gasteiger partial charge < -0.3 is 24.4 Å². The van der Waals surface area contributed by atoms with Crippen LogP contribution in [0, 0.1) is 0 Å². The number of carbonyl (C=O) groups is 3. The fraction of sp³-hybridized carbons (Fsp3) is 0.250. The van der Waals surface area contributed by atoms with Crippen molar-refractivity contribution >= 4 is 35.1 Å². The molecule has 0 saturated carbocycles. The van der Waals surface area contributed by atoms with Crippen LogP contribution < -0.4 is 14.8 Å². The van der Waals surface area contributed by atoms with Crippen LogP contribution in [0.3, 0.4) is 0 Å². The number of nitrogens with one attached hydrogen (secondary N) is 1. The third-order valence-electron chi connectivity index (χ3n) is 4.11. The molecule has 0 spiro atoms. The number of fused-ring (bicyclic) bond motifs is 1. The molecule has 1 aliphatic rings. The molecule has 2 amide bonds. The lowest BCUT2D eigenvalue weighted by atomic mass is 10.1. The van der Waals surface area contributed by atoms with E-state index in [0.717, 1.165) is 0 Å². The Morgan fingerprint density at radius 1 is 1.21 bits per heavy atom. The molecule has 0 aromatic heterocycles. The summed E-state index contributed by atoms with van der Waals surface area (Å²) in [7, 11) is 1.59. The molecule has 0 unspecified atom stereocenters. The number of carbonyl (C=O) groups excluding carboxylic acids is 3. The van der Waals surface area contributed by atoms with Gasteiger partial charge in [-0.05, 0) is 42.5 Å². The number of ether oxygens (including phenoxy) is 3. The normalized spacial score (nSPS) is 12.3. The number of anilines is 1. The topological polar surface area (TPSA) is 94.2 Å². The summed E-state index contributed by atoms with van der Waals surface area (Å²) in [4.78, 5) is 37.0. The Morgan fingerprint density at radius 2 is 1.97 bits per heavy atom. The molecule has 0 saturated heterocycles. The number of benzene rings is 2. The molecule has 29 heavy (non-hydrogen) atoms. The Balaban J connectivity index is 1.44. The summed E-state index contributed by atoms with van der Waals surface area (Å²) in [5.74, 6) is -0.261. The van der Waals surface area contributed by atoms with Gasteiger partial charge in [0, 0.05) is 12.1 Å². The Kier molecular flexibility index (Phi) is 6.56. The monoisotopic (exact) mass is 418 g/mol. The minimum absolute atomic E-state index is 0.118. The molecular formula is C20H19ClN2O6. The molecule has 0 radical (unpaired) electrons. The van der Waals surface area contributed by atoms with E-state index in [1.54, 1.807) is 37.4 Å². The van der Waals surface area contributed by atoms with E-state index in [1.807, 2.05) is 0 Å². The maximum absolute atomic E-state index is 12.2. The van der Waals surface area contributed by atoms with Crippen LogP contribution in [0.5, 0.6) is 11.5 Å². The molecule has 8 nitrogen and oxygen atoms in total. The predicted molar refractivity (Wildman–Crippen MR) is 105 cm³/mol. The van der Waals surface area contributed by atoms with Crippen molar-refractivity contribution in [2.45, 2.75) is 0 Å². The third kappa shape index (κ3) is 5.61. The number of amides is 2. The summed E-state index contributed by atoms with van der Waals surface area (Å²) >= 11 is 5.81. The number of nitrogens with zero attached hydrogens (tertiary/aromatic N) is 1. The molecular weight excluding hydrogens is 400 g/mol. The molecule has 0 aliphatic carbocycles. The molecule has 3 rings (SSSR count). The first kappa shape index (κ1) is 20.5. The molecule has 0 atom stereocenters. The van der Waals surface area contributed by atoms with Gasteiger partial charge >= 0.3 is 5.97 Å². The van der Waals surface area contributed by atoms with Crippen molar-refractivity contribution in [2.24, 2.45) is 0 Å². The Hall–Kier alpha value is -3.26. The summed E-state index contributed by atoms with van der Waals surface area (Å²) in [6.45, 7) is 0.0922. The van der Waals surface area contributed by atoms with Crippen molar-refractivity contribution in [1.29, 1.82) is 0 Å². The highest BCUT2D eigenvalue weighted by atomic mass is 35.5. The van der Waals surface area contributed by atoms with E-state index in [1.165, 1.54) is 17.0 Å². The highest BCUT2D eigenvalue weighted by molar-refractivity contribution is 6.30. The zero-order valence-corrected chi connectivity index (χ0v) is 16.4. The number of rotatable bonds is 7. The van der Waals surface area contributed by atoms with E-state index in [9.17, 15) is 14.4 Å². The second-order valence-electron chi connectivity index (χ2n) is 6.24. The van der Waals surface area contributed by atoms with Gasteiger partial charge in [-0.15, -0.1) is 0 Å². The number of likely N-dealkylation sites (N-methyl/N-ethyl adjacent to an activating group) is 1. The molecule has 1 heterocycles. The van der Waals surface area contributed by atoms with Crippen LogP contribution >= 0.6 is 11.6 Å². The third-order valence-corrected chi connectivity index (χ3v) is 4.36. The lowest BCUT2D eigenvalue weighted by Crippen LogP contribution is -2.34. The second kappa shape index (κ2) is 9.29. The largest absolute Gasteiger partial charge is 0.492 e. The lowest BCUT2D eigenvalue weighted by molar-refractivity contribution is -0.133. The van der Waals surface area contributed by atoms with Crippen LogP contribution in [-0.4, -0.2) is 56.1 Å². The zero-order valence-electron chi connectivity index (χ0n) is 15.6. The van der Waals surface area contributed by atoms with Crippen molar-refractivity contribution < 1.29 is 28.6 Å². The molecule has 0 bridgehead atoms. The van der Waals surface area contributed by atoms with Gasteiger partial charge in [0.25, 0.3) is 11.8 Å². The summed E-state index contributed by atoms with van der Waals surface area (Å²) in [6.07, 6.45) is 0. The maximum Gasteiger partial charge on any atom is 0.338 e. The molecule has 2 aromatic carbocycles. The predicted octanol–water partition coefficient (Wildman–Crippen LogP) is 2.37. The quantitative estimate of drug-likeness (QED) is 0.694. The number of hydrogen-bond acceptors (Lipinski definition) is 6. The summed E-state index contributed by atoms with van der Waals surface area (Å²) < 4.78 is 15.9. The van der Waals surface area contributed by atoms with Crippen LogP contribution in [0.15, 0.2) is 42.5 Å². The van der Waals surface area contributed by atoms with Crippen LogP contribution in [-0.2, 0) is 14.3 Å². The molecule has 9 heteroatoms. The Morgan fingerprint density at radius 3 is 2.72 bits per heavy atom. The average molecular weight is 419 g/mol. The molecule has 1 aliphatic heterocycles. The first-order valence-corrected chi connectivity index (χ1v) is 9.16. The van der Waals surface area contributed by atoms with E-state index in [2.05, 4.69) is 5.32 Å². The highest BCUT2D eigenvalue weighted by Crippen LogP contribution is 2.28. The summed E-state index contributed by atoms with van der Waals surface area (Å²) in [5.41, 5.74) is 0.704. The molecule has 1 N–H and O–H groups in total. The van der Waals surface area contributed by atoms with Crippen molar-refractivity contribution in [3.63, 3.8) is 0 Å². The van der Waals surface area contributed by atoms with Gasteiger partial charge in [-0.1, -0.05) is 11.6 Å². The van der Waals surface area contributed by atoms with Crippen LogP contribution in [0.4, 0.5) is 5.69 Å². The number of halogens is 1. The van der Waals surface area contributed by atoms with Gasteiger partial charge in [0.15, 0.2) is 13.2 Å². The summed E-state index contributed by atoms with van der Waals surface area (Å²) in [6, 6.07) is 11.4. The minimum Gasteiger partial charge on any atom is -0.492 e. The van der Waals surface area contributed by atoms with Crippen molar-refractivity contribution in [1.82, 2.24) is 4.90 Å². The smallest absolute Gasteiger partial charge is 0.338 e. The molecule has 2 aromatic rings. The Labute approximate surface area is 172 Å². The average Bonchev–Trinajstić information content (AvgIpc) is 2.72. The maximum atomic E-state index is 12.2. The van der Waals surface area contributed by atoms with Crippen LogP contribution in [0.2, 0.25) is 5.02 Å². The molecule has 0 fully saturated rings. The van der Waals surface area contributed by atoms with Gasteiger partial charge in [-0.2, -0.15) is 0 Å². The van der Waals surface area contributed by atoms with Gasteiger partial charge in [0.1, 0.15) is 18.1 Å². The van der Waals surface area contributed by atoms with Gasteiger partial charge in [-0.25, -0.2) is 4.79 Å². The fourth-order valence-electron chi connectivity index (χ4n) is 2.48. The van der Waals surface area contributed by atoms with E-state index in [0.29, 0.717) is 28.8 Å². The van der Waals surface area contributed by atoms with E-state index in [-0.39, 0.29) is 30.6 Å². The minimum atomic E-state index is -0.660. The van der Waals surface area contributed by atoms with Crippen molar-refractivity contribution in [2.75, 3.05) is 38.7 Å². The van der Waals surface area contributed by atoms with Gasteiger partial charge in [0.05, 0.1) is 17.8 Å². The highest BCUT2D eigenvalue weighted by Gasteiger charge is 2.19. The standard InChI is InChI=1S/C20H19ClN2O6/c1-23(8-9-27-15-5-3-14(21)4-6-15)19(25)12-29-20(26)13-2-7-16-17(10-13)28-11-18(24)22-16/h2-7,10H,8-9,11-12H2,1H3,(H,22,24).